The van der Waals surface area contributed by atoms with Gasteiger partial charge in [-0.15, -0.1) is 0 Å². The average molecular weight is 423 g/mol. The third-order valence-electron chi connectivity index (χ3n) is 5.28. The highest BCUT2D eigenvalue weighted by atomic mass is 16.5. The van der Waals surface area contributed by atoms with Crippen LogP contribution in [0, 0.1) is 5.92 Å². The van der Waals surface area contributed by atoms with Gasteiger partial charge in [0.15, 0.2) is 0 Å². The molecular weight excluding hydrogens is 388 g/mol. The summed E-state index contributed by atoms with van der Waals surface area (Å²) < 4.78 is 5.36. The number of rotatable bonds is 11. The number of aliphatic imine (C=N–C) groups is 1. The molecule has 5 nitrogen and oxygen atoms in total. The minimum atomic E-state index is -0.0588. The zero-order valence-electron chi connectivity index (χ0n) is 19.3. The van der Waals surface area contributed by atoms with Crippen LogP contribution in [0.15, 0.2) is 47.5 Å². The Morgan fingerprint density at radius 2 is 1.77 bits per heavy atom. The van der Waals surface area contributed by atoms with E-state index in [0.717, 1.165) is 53.1 Å². The number of ether oxygens (including phenoxy) is 1. The lowest BCUT2D eigenvalue weighted by molar-refractivity contribution is -0.119. The van der Waals surface area contributed by atoms with Gasteiger partial charge in [0.05, 0.1) is 7.11 Å². The molecule has 0 spiro atoms. The second kappa shape index (κ2) is 12.0. The van der Waals surface area contributed by atoms with Crippen LogP contribution < -0.4 is 10.1 Å². The van der Waals surface area contributed by atoms with Crippen LogP contribution in [0.5, 0.6) is 5.75 Å². The Hall–Kier alpha value is -2.95. The molecular formula is C26H34N2O3. The molecule has 5 heteroatoms. The second-order valence-electron chi connectivity index (χ2n) is 7.96. The number of aryl methyl sites for hydroxylation is 1. The van der Waals surface area contributed by atoms with Gasteiger partial charge in [-0.1, -0.05) is 45.0 Å². The lowest BCUT2D eigenvalue weighted by Crippen LogP contribution is -2.17. The summed E-state index contributed by atoms with van der Waals surface area (Å²) in [6.07, 6.45) is 3.34. The summed E-state index contributed by atoms with van der Waals surface area (Å²) in [6.45, 7) is 5.81. The number of hydrogen-bond donors (Lipinski definition) is 1. The molecule has 0 aliphatic rings. The average Bonchev–Trinajstić information content (AvgIpc) is 2.77. The summed E-state index contributed by atoms with van der Waals surface area (Å²) >= 11 is 0. The van der Waals surface area contributed by atoms with Gasteiger partial charge < -0.3 is 10.1 Å². The zero-order chi connectivity index (χ0) is 22.8. The van der Waals surface area contributed by atoms with E-state index in [0.29, 0.717) is 12.8 Å². The van der Waals surface area contributed by atoms with E-state index in [-0.39, 0.29) is 17.6 Å². The highest BCUT2D eigenvalue weighted by molar-refractivity contribution is 6.01. The molecule has 0 aliphatic heterocycles. The van der Waals surface area contributed by atoms with E-state index in [4.69, 9.17) is 4.74 Å². The molecule has 2 rings (SSSR count). The first-order valence-corrected chi connectivity index (χ1v) is 10.9. The van der Waals surface area contributed by atoms with E-state index in [1.165, 1.54) is 0 Å². The van der Waals surface area contributed by atoms with Gasteiger partial charge in [-0.2, -0.15) is 0 Å². The van der Waals surface area contributed by atoms with Crippen LogP contribution in [0.25, 0.3) is 0 Å². The molecule has 0 fully saturated rings. The van der Waals surface area contributed by atoms with Crippen molar-refractivity contribution in [2.24, 2.45) is 10.9 Å². The third-order valence-corrected chi connectivity index (χ3v) is 5.28. The zero-order valence-corrected chi connectivity index (χ0v) is 19.3. The number of Topliss-reactive ketones (excluding diaryl/α,β-unsaturated/α-hetero) is 1. The van der Waals surface area contributed by atoms with Crippen molar-refractivity contribution in [2.75, 3.05) is 19.5 Å². The van der Waals surface area contributed by atoms with Crippen molar-refractivity contribution in [3.63, 3.8) is 0 Å². The molecule has 2 aromatic rings. The van der Waals surface area contributed by atoms with Gasteiger partial charge in [-0.3, -0.25) is 14.6 Å². The molecule has 0 saturated carbocycles. The van der Waals surface area contributed by atoms with Crippen LogP contribution >= 0.6 is 0 Å². The highest BCUT2D eigenvalue weighted by Crippen LogP contribution is 2.21. The molecule has 0 aromatic heterocycles. The molecule has 31 heavy (non-hydrogen) atoms. The first-order chi connectivity index (χ1) is 14.9. The van der Waals surface area contributed by atoms with Gasteiger partial charge in [0, 0.05) is 37.2 Å². The Labute approximate surface area is 185 Å². The van der Waals surface area contributed by atoms with E-state index in [1.54, 1.807) is 14.2 Å². The molecule has 0 aliphatic carbocycles. The lowest BCUT2D eigenvalue weighted by atomic mass is 9.99. The van der Waals surface area contributed by atoms with Gasteiger partial charge in [-0.05, 0) is 54.2 Å². The molecule has 0 atom stereocenters. The van der Waals surface area contributed by atoms with E-state index in [1.807, 2.05) is 50.2 Å². The maximum Gasteiger partial charge on any atom is 0.226 e. The maximum absolute atomic E-state index is 12.5. The number of methoxy groups -OCH3 is 1. The third kappa shape index (κ3) is 7.35. The van der Waals surface area contributed by atoms with Crippen molar-refractivity contribution < 1.29 is 14.3 Å². The van der Waals surface area contributed by atoms with Crippen LogP contribution in [0.3, 0.4) is 0 Å². The molecule has 1 N–H and O–H groups in total. The summed E-state index contributed by atoms with van der Waals surface area (Å²) in [5.74, 6) is 1.04. The van der Waals surface area contributed by atoms with E-state index >= 15 is 0 Å². The fraction of sp³-hybridized carbons (Fsp3) is 0.423. The number of nitrogens with zero attached hydrogens (tertiary/aromatic N) is 1. The van der Waals surface area contributed by atoms with Crippen molar-refractivity contribution in [3.8, 4) is 5.75 Å². The number of benzene rings is 2. The van der Waals surface area contributed by atoms with E-state index in [9.17, 15) is 9.59 Å². The number of amides is 1. The molecule has 1 amide bonds. The van der Waals surface area contributed by atoms with Crippen LogP contribution in [-0.4, -0.2) is 31.6 Å². The number of carbonyl (C=O) groups excluding carboxylic acids is 2. The SMILES string of the molecule is CCc1cc(CC(=O)CCC/C(=N\C)c2ccc(NC(=O)C(C)C)cc2)ccc1OC. The standard InChI is InChI=1S/C26H34N2O3/c1-6-20-16-19(10-15-25(20)31-5)17-23(29)8-7-9-24(27-4)21-11-13-22(14-12-21)28-26(30)18(2)3/h10-16,18H,6-9,17H2,1-5H3,(H,28,30)/b27-24+. The lowest BCUT2D eigenvalue weighted by Gasteiger charge is -2.10. The van der Waals surface area contributed by atoms with Crippen molar-refractivity contribution in [1.82, 2.24) is 0 Å². The summed E-state index contributed by atoms with van der Waals surface area (Å²) in [7, 11) is 3.44. The van der Waals surface area contributed by atoms with Gasteiger partial charge in [-0.25, -0.2) is 0 Å². The fourth-order valence-corrected chi connectivity index (χ4v) is 3.41. The number of carbonyl (C=O) groups is 2. The van der Waals surface area contributed by atoms with Crippen molar-refractivity contribution in [1.29, 1.82) is 0 Å². The Bertz CT molecular complexity index is 915. The summed E-state index contributed by atoms with van der Waals surface area (Å²) in [5.41, 5.74) is 4.92. The van der Waals surface area contributed by atoms with Crippen molar-refractivity contribution >= 4 is 23.1 Å². The molecule has 0 radical (unpaired) electrons. The van der Waals surface area contributed by atoms with Crippen LogP contribution in [-0.2, 0) is 22.4 Å². The minimum absolute atomic E-state index is 0.00133. The van der Waals surface area contributed by atoms with Crippen LogP contribution in [0.4, 0.5) is 5.69 Å². The molecule has 0 heterocycles. The normalized spacial score (nSPS) is 11.5. The van der Waals surface area contributed by atoms with Gasteiger partial charge >= 0.3 is 0 Å². The summed E-state index contributed by atoms with van der Waals surface area (Å²) in [6, 6.07) is 13.7. The van der Waals surface area contributed by atoms with Gasteiger partial charge in [0.25, 0.3) is 0 Å². The quantitative estimate of drug-likeness (QED) is 0.503. The summed E-state index contributed by atoms with van der Waals surface area (Å²) in [4.78, 5) is 28.7. The molecule has 0 saturated heterocycles. The summed E-state index contributed by atoms with van der Waals surface area (Å²) in [5, 5.41) is 2.89. The predicted octanol–water partition coefficient (Wildman–Crippen LogP) is 5.25. The van der Waals surface area contributed by atoms with E-state index in [2.05, 4.69) is 23.3 Å². The number of hydrogen-bond acceptors (Lipinski definition) is 4. The maximum atomic E-state index is 12.5. The van der Waals surface area contributed by atoms with Gasteiger partial charge in [0.1, 0.15) is 11.5 Å². The Morgan fingerprint density at radius 1 is 1.06 bits per heavy atom. The number of ketones is 1. The topological polar surface area (TPSA) is 67.8 Å². The Morgan fingerprint density at radius 3 is 2.35 bits per heavy atom. The number of nitrogens with one attached hydrogen (secondary N) is 1. The molecule has 2 aromatic carbocycles. The smallest absolute Gasteiger partial charge is 0.226 e. The predicted molar refractivity (Wildman–Crippen MR) is 127 cm³/mol. The largest absolute Gasteiger partial charge is 0.496 e. The van der Waals surface area contributed by atoms with Gasteiger partial charge in [0.2, 0.25) is 5.91 Å². The fourth-order valence-electron chi connectivity index (χ4n) is 3.41. The van der Waals surface area contributed by atoms with Crippen molar-refractivity contribution in [2.45, 2.75) is 52.9 Å². The Balaban J connectivity index is 1.87. The Kier molecular flexibility index (Phi) is 9.44. The molecule has 0 unspecified atom stereocenters. The molecule has 0 bridgehead atoms. The first-order valence-electron chi connectivity index (χ1n) is 10.9. The highest BCUT2D eigenvalue weighted by Gasteiger charge is 2.10. The second-order valence-corrected chi connectivity index (χ2v) is 7.96. The first kappa shape index (κ1) is 24.3. The monoisotopic (exact) mass is 422 g/mol. The van der Waals surface area contributed by atoms with Crippen LogP contribution in [0.1, 0.15) is 56.7 Å². The van der Waals surface area contributed by atoms with Crippen molar-refractivity contribution in [3.05, 3.63) is 59.2 Å². The molecule has 166 valence electrons. The minimum Gasteiger partial charge on any atom is -0.496 e. The number of anilines is 1. The van der Waals surface area contributed by atoms with E-state index < -0.39 is 0 Å². The van der Waals surface area contributed by atoms with Crippen LogP contribution in [0.2, 0.25) is 0 Å².